The minimum atomic E-state index is -0.0571. The van der Waals surface area contributed by atoms with Crippen molar-refractivity contribution >= 4 is 35.9 Å². The van der Waals surface area contributed by atoms with E-state index in [0.717, 1.165) is 36.1 Å². The topological polar surface area (TPSA) is 94.2 Å². The number of rotatable bonds is 8. The van der Waals surface area contributed by atoms with Crippen LogP contribution in [0.2, 0.25) is 0 Å². The van der Waals surface area contributed by atoms with E-state index in [0.29, 0.717) is 6.54 Å². The fourth-order valence-corrected chi connectivity index (χ4v) is 5.13. The summed E-state index contributed by atoms with van der Waals surface area (Å²) in [6, 6.07) is 0. The third-order valence-corrected chi connectivity index (χ3v) is 7.05. The molecule has 0 spiro atoms. The minimum absolute atomic E-state index is 0. The average molecular weight is 607 g/mol. The van der Waals surface area contributed by atoms with Gasteiger partial charge in [-0.05, 0) is 42.9 Å². The van der Waals surface area contributed by atoms with Gasteiger partial charge in [0.2, 0.25) is 0 Å². The van der Waals surface area contributed by atoms with Crippen LogP contribution in [-0.2, 0) is 6.54 Å². The van der Waals surface area contributed by atoms with Crippen LogP contribution in [0.1, 0.15) is 60.0 Å². The molecule has 0 saturated heterocycles. The van der Waals surface area contributed by atoms with Crippen LogP contribution in [0.15, 0.2) is 59.3 Å². The van der Waals surface area contributed by atoms with Gasteiger partial charge in [-0.3, -0.25) is 4.99 Å². The Morgan fingerprint density at radius 2 is 2.00 bits per heavy atom. The summed E-state index contributed by atoms with van der Waals surface area (Å²) in [5, 5.41) is 23.6. The highest BCUT2D eigenvalue weighted by atomic mass is 127. The third-order valence-electron chi connectivity index (χ3n) is 7.05. The van der Waals surface area contributed by atoms with E-state index in [1.807, 2.05) is 30.8 Å². The predicted molar refractivity (Wildman–Crippen MR) is 160 cm³/mol. The van der Waals surface area contributed by atoms with Gasteiger partial charge in [-0.2, -0.15) is 0 Å². The smallest absolute Gasteiger partial charge is 0.127 e. The van der Waals surface area contributed by atoms with E-state index in [9.17, 15) is 0 Å². The first-order chi connectivity index (χ1) is 17.2. The molecule has 3 unspecified atom stereocenters. The number of hydrogen-bond acceptors (Lipinski definition) is 7. The molecule has 3 N–H and O–H groups in total. The zero-order valence-electron chi connectivity index (χ0n) is 21.7. The average Bonchev–Trinajstić information content (AvgIpc) is 3.52. The van der Waals surface area contributed by atoms with Crippen LogP contribution < -0.4 is 10.6 Å². The van der Waals surface area contributed by atoms with E-state index in [2.05, 4.69) is 62.3 Å². The van der Waals surface area contributed by atoms with Crippen LogP contribution >= 0.6 is 24.0 Å². The maximum absolute atomic E-state index is 7.76. The van der Waals surface area contributed by atoms with Crippen molar-refractivity contribution in [3.8, 4) is 0 Å². The number of allylic oxidation sites excluding steroid dienone is 2. The number of hydrogen-bond donors (Lipinski definition) is 3. The number of nitrogens with one attached hydrogen (secondary N) is 3. The Labute approximate surface area is 234 Å². The van der Waals surface area contributed by atoms with Crippen LogP contribution in [0.4, 0.5) is 0 Å². The Kier molecular flexibility index (Phi) is 10.9. The highest BCUT2D eigenvalue weighted by Crippen LogP contribution is 2.24. The van der Waals surface area contributed by atoms with Crippen LogP contribution in [0.25, 0.3) is 0 Å². The zero-order chi connectivity index (χ0) is 24.6. The molecule has 4 heterocycles. The second-order valence-electron chi connectivity index (χ2n) is 9.60. The molecule has 1 aromatic rings. The Balaban J connectivity index is 0.00000118. The van der Waals surface area contributed by atoms with E-state index in [4.69, 9.17) is 5.41 Å². The molecule has 1 fully saturated rings. The summed E-state index contributed by atoms with van der Waals surface area (Å²) < 4.78 is 1.83. The molecule has 3 aliphatic heterocycles. The molecule has 1 saturated carbocycles. The monoisotopic (exact) mass is 606 g/mol. The first kappa shape index (κ1) is 28.3. The standard InChI is InChI=1S/C25H34N8.C2H6.HI.H2/c1-18-9-10-28-25(22(18)11-26)23-17-33(31-30-23)16-21-15-32-14-20(7-8-24(32)29-21)13-27-12-19-5-3-2-4-6-19;1-2;;/h7-11,14-15,17-19,22,24,26-27,29H,2-6,12-13,16H2,1H3;1-2H3;2*1H. The van der Waals surface area contributed by atoms with Crippen molar-refractivity contribution in [3.05, 3.63) is 60.0 Å². The number of nitrogens with zero attached hydrogens (tertiary/aromatic N) is 5. The Bertz CT molecular complexity index is 1020. The van der Waals surface area contributed by atoms with Crippen LogP contribution in [-0.4, -0.2) is 51.1 Å². The fourth-order valence-electron chi connectivity index (χ4n) is 5.13. The molecule has 36 heavy (non-hydrogen) atoms. The largest absolute Gasteiger partial charge is 0.362 e. The van der Waals surface area contributed by atoms with Crippen LogP contribution in [0, 0.1) is 23.2 Å². The van der Waals surface area contributed by atoms with Crippen molar-refractivity contribution in [1.82, 2.24) is 30.5 Å². The highest BCUT2D eigenvalue weighted by molar-refractivity contribution is 14.0. The van der Waals surface area contributed by atoms with Gasteiger partial charge in [-0.1, -0.05) is 57.4 Å². The SMILES string of the molecule is CC.CC1C=CN=C(c2cn(CC3=CN4C=C(CNCC5CCCCC5)C=CC4N3)nn2)C1C=N.I.[HH]. The lowest BCUT2D eigenvalue weighted by atomic mass is 9.87. The molecule has 4 aliphatic rings. The molecule has 1 aliphatic carbocycles. The summed E-state index contributed by atoms with van der Waals surface area (Å²) in [6.07, 6.45) is 23.1. The Hall–Kier alpha value is -2.27. The molecule has 198 valence electrons. The summed E-state index contributed by atoms with van der Waals surface area (Å²) in [4.78, 5) is 6.71. The number of aromatic nitrogens is 3. The van der Waals surface area contributed by atoms with Crippen LogP contribution in [0.5, 0.6) is 0 Å². The van der Waals surface area contributed by atoms with Gasteiger partial charge in [0.1, 0.15) is 11.9 Å². The molecule has 3 atom stereocenters. The number of fused-ring (bicyclic) bond motifs is 1. The van der Waals surface area contributed by atoms with Crippen molar-refractivity contribution in [2.75, 3.05) is 13.1 Å². The van der Waals surface area contributed by atoms with E-state index in [-0.39, 0.29) is 43.4 Å². The molecule has 5 rings (SSSR count). The second-order valence-corrected chi connectivity index (χ2v) is 9.60. The molecular formula is C27H43IN8. The molecular weight excluding hydrogens is 563 g/mol. The number of halogens is 1. The minimum Gasteiger partial charge on any atom is -0.362 e. The van der Waals surface area contributed by atoms with E-state index in [1.165, 1.54) is 43.9 Å². The predicted octanol–water partition coefficient (Wildman–Crippen LogP) is 5.08. The van der Waals surface area contributed by atoms with Crippen molar-refractivity contribution in [3.63, 3.8) is 0 Å². The Morgan fingerprint density at radius 3 is 2.78 bits per heavy atom. The van der Waals surface area contributed by atoms with Gasteiger partial charge >= 0.3 is 0 Å². The lowest BCUT2D eigenvalue weighted by Crippen LogP contribution is -2.34. The molecule has 8 nitrogen and oxygen atoms in total. The quantitative estimate of drug-likeness (QED) is 0.284. The van der Waals surface area contributed by atoms with Gasteiger partial charge in [0, 0.05) is 38.7 Å². The normalized spacial score (nSPS) is 24.9. The lowest BCUT2D eigenvalue weighted by Gasteiger charge is -2.25. The molecule has 9 heteroatoms. The fraction of sp³-hybridized carbons (Fsp3) is 0.556. The van der Waals surface area contributed by atoms with Gasteiger partial charge in [0.25, 0.3) is 0 Å². The molecule has 0 aromatic carbocycles. The van der Waals surface area contributed by atoms with Gasteiger partial charge < -0.3 is 20.9 Å². The van der Waals surface area contributed by atoms with Crippen molar-refractivity contribution in [2.45, 2.75) is 65.6 Å². The number of aliphatic imine (C=N–C) groups is 1. The maximum atomic E-state index is 7.76. The van der Waals surface area contributed by atoms with Crippen molar-refractivity contribution < 1.29 is 1.43 Å². The van der Waals surface area contributed by atoms with Gasteiger partial charge in [0.15, 0.2) is 0 Å². The van der Waals surface area contributed by atoms with Gasteiger partial charge in [0.05, 0.1) is 24.2 Å². The van der Waals surface area contributed by atoms with Crippen LogP contribution in [0.3, 0.4) is 0 Å². The summed E-state index contributed by atoms with van der Waals surface area (Å²) in [5.41, 5.74) is 3.95. The third kappa shape index (κ3) is 6.94. The Morgan fingerprint density at radius 1 is 1.19 bits per heavy atom. The zero-order valence-corrected chi connectivity index (χ0v) is 24.1. The van der Waals surface area contributed by atoms with E-state index < -0.39 is 0 Å². The van der Waals surface area contributed by atoms with Crippen molar-refractivity contribution in [2.24, 2.45) is 22.7 Å². The summed E-state index contributed by atoms with van der Waals surface area (Å²) in [6.45, 7) is 8.75. The van der Waals surface area contributed by atoms with E-state index in [1.54, 1.807) is 6.20 Å². The van der Waals surface area contributed by atoms with E-state index >= 15 is 0 Å². The highest BCUT2D eigenvalue weighted by Gasteiger charge is 2.26. The lowest BCUT2D eigenvalue weighted by molar-refractivity contribution is 0.345. The maximum Gasteiger partial charge on any atom is 0.127 e. The van der Waals surface area contributed by atoms with Gasteiger partial charge in [-0.15, -0.1) is 29.1 Å². The molecule has 0 bridgehead atoms. The second kappa shape index (κ2) is 13.9. The van der Waals surface area contributed by atoms with Crippen molar-refractivity contribution in [1.29, 1.82) is 5.41 Å². The first-order valence-corrected chi connectivity index (χ1v) is 13.2. The summed E-state index contributed by atoms with van der Waals surface area (Å²) in [7, 11) is 0. The molecule has 1 aromatic heterocycles. The molecule has 0 amide bonds. The summed E-state index contributed by atoms with van der Waals surface area (Å²) >= 11 is 0. The first-order valence-electron chi connectivity index (χ1n) is 13.2. The van der Waals surface area contributed by atoms with Gasteiger partial charge in [-0.25, -0.2) is 4.68 Å². The summed E-state index contributed by atoms with van der Waals surface area (Å²) in [5.74, 6) is 1.03. The molecule has 0 radical (unpaired) electrons.